The fraction of sp³-hybridized carbons (Fsp3) is 0.281. The molecule has 4 aromatic heterocycles. The Morgan fingerprint density at radius 3 is 2.60 bits per heavy atom. The molecule has 5 aromatic rings. The number of aromatic nitrogens is 6. The molecule has 0 aliphatic rings. The van der Waals surface area contributed by atoms with Crippen molar-refractivity contribution in [3.8, 4) is 23.1 Å². The number of nitrogens with one attached hydrogen (secondary N) is 1. The van der Waals surface area contributed by atoms with E-state index in [0.717, 1.165) is 27.5 Å². The largest absolute Gasteiger partial charge is 0.444 e. The molecule has 2 amide bonds. The fourth-order valence-corrected chi connectivity index (χ4v) is 4.44. The summed E-state index contributed by atoms with van der Waals surface area (Å²) in [5.41, 5.74) is 4.01. The van der Waals surface area contributed by atoms with Crippen LogP contribution in [0.4, 0.5) is 10.6 Å². The monoisotopic (exact) mass is 576 g/mol. The van der Waals surface area contributed by atoms with Gasteiger partial charge in [-0.15, -0.1) is 0 Å². The third kappa shape index (κ3) is 6.43. The number of amides is 2. The molecular formula is C32H32N8O3. The first-order valence-electron chi connectivity index (χ1n) is 13.7. The highest BCUT2D eigenvalue weighted by atomic mass is 16.6. The number of carbonyl (C=O) groups excluding carboxylic acids is 2. The van der Waals surface area contributed by atoms with Gasteiger partial charge in [-0.25, -0.2) is 24.7 Å². The third-order valence-corrected chi connectivity index (χ3v) is 6.80. The van der Waals surface area contributed by atoms with Crippen LogP contribution in [0.25, 0.3) is 33.2 Å². The number of ether oxygens (including phenoxy) is 1. The van der Waals surface area contributed by atoms with Crippen molar-refractivity contribution in [2.24, 2.45) is 7.05 Å². The molecular weight excluding hydrogens is 544 g/mol. The molecule has 0 bridgehead atoms. The van der Waals surface area contributed by atoms with Crippen molar-refractivity contribution < 1.29 is 14.3 Å². The van der Waals surface area contributed by atoms with E-state index >= 15 is 0 Å². The lowest BCUT2D eigenvalue weighted by Crippen LogP contribution is -2.45. The lowest BCUT2D eigenvalue weighted by Gasteiger charge is -2.28. The van der Waals surface area contributed by atoms with E-state index in [2.05, 4.69) is 42.1 Å². The van der Waals surface area contributed by atoms with Gasteiger partial charge in [-0.2, -0.15) is 0 Å². The molecule has 0 fully saturated rings. The van der Waals surface area contributed by atoms with Crippen molar-refractivity contribution in [1.82, 2.24) is 34.4 Å². The van der Waals surface area contributed by atoms with Gasteiger partial charge < -0.3 is 14.6 Å². The maximum Gasteiger partial charge on any atom is 0.410 e. The molecule has 0 radical (unpaired) electrons. The van der Waals surface area contributed by atoms with Crippen LogP contribution in [0.1, 0.15) is 44.6 Å². The van der Waals surface area contributed by atoms with Gasteiger partial charge in [0, 0.05) is 42.5 Å². The molecule has 0 spiro atoms. The molecule has 0 saturated carbocycles. The molecule has 5 rings (SSSR count). The smallest absolute Gasteiger partial charge is 0.410 e. The molecule has 1 unspecified atom stereocenters. The standard InChI is InChI=1S/C32H32N8O3/c1-19-25-11-9-21(14-22(25)12-13-33-19)8-10-24-15-23(27-28-29(35-17-34-27)36-18-39(28)6)16-26(37-24)38-30(41)20(2)40(7)31(42)43-32(3,4)5/h9,11-18,20H,1-7H3,(H,37,38,41). The van der Waals surface area contributed by atoms with Crippen LogP contribution in [0.15, 0.2) is 55.2 Å². The van der Waals surface area contributed by atoms with E-state index in [1.54, 1.807) is 46.3 Å². The van der Waals surface area contributed by atoms with Crippen LogP contribution < -0.4 is 5.32 Å². The summed E-state index contributed by atoms with van der Waals surface area (Å²) in [4.78, 5) is 49.1. The van der Waals surface area contributed by atoms with Crippen molar-refractivity contribution in [3.05, 3.63) is 72.2 Å². The zero-order chi connectivity index (χ0) is 30.9. The molecule has 0 aliphatic carbocycles. The minimum Gasteiger partial charge on any atom is -0.444 e. The van der Waals surface area contributed by atoms with Crippen LogP contribution >= 0.6 is 0 Å². The van der Waals surface area contributed by atoms with Crippen molar-refractivity contribution >= 4 is 39.8 Å². The van der Waals surface area contributed by atoms with Gasteiger partial charge >= 0.3 is 6.09 Å². The Morgan fingerprint density at radius 1 is 1.05 bits per heavy atom. The van der Waals surface area contributed by atoms with E-state index in [0.29, 0.717) is 22.6 Å². The van der Waals surface area contributed by atoms with Gasteiger partial charge in [0.05, 0.1) is 12.0 Å². The molecule has 43 heavy (non-hydrogen) atoms. The maximum absolute atomic E-state index is 13.3. The minimum absolute atomic E-state index is 0.255. The molecule has 4 heterocycles. The van der Waals surface area contributed by atoms with Crippen LogP contribution in [-0.4, -0.2) is 65.1 Å². The second-order valence-electron chi connectivity index (χ2n) is 11.2. The Hall–Kier alpha value is -5.37. The molecule has 1 atom stereocenters. The van der Waals surface area contributed by atoms with E-state index < -0.39 is 23.6 Å². The van der Waals surface area contributed by atoms with Crippen LogP contribution in [0.2, 0.25) is 0 Å². The summed E-state index contributed by atoms with van der Waals surface area (Å²) in [6, 6.07) is 10.6. The van der Waals surface area contributed by atoms with Crippen LogP contribution in [0.3, 0.4) is 0 Å². The van der Waals surface area contributed by atoms with Gasteiger partial charge in [-0.1, -0.05) is 12.0 Å². The summed E-state index contributed by atoms with van der Waals surface area (Å²) in [6.07, 6.45) is 4.28. The Bertz CT molecular complexity index is 1930. The maximum atomic E-state index is 13.3. The molecule has 0 saturated heterocycles. The van der Waals surface area contributed by atoms with E-state index in [9.17, 15) is 9.59 Å². The SMILES string of the molecule is Cc1nccc2cc(C#Cc3cc(-c4ncnc5ncn(C)c45)cc(NC(=O)C(C)N(C)C(=O)OC(C)(C)C)n3)ccc12. The first-order chi connectivity index (χ1) is 20.4. The zero-order valence-corrected chi connectivity index (χ0v) is 25.1. The summed E-state index contributed by atoms with van der Waals surface area (Å²) in [7, 11) is 3.37. The van der Waals surface area contributed by atoms with Gasteiger partial charge in [0.15, 0.2) is 5.65 Å². The molecule has 11 nitrogen and oxygen atoms in total. The van der Waals surface area contributed by atoms with Gasteiger partial charge in [-0.05, 0) is 76.3 Å². The first-order valence-corrected chi connectivity index (χ1v) is 13.7. The Balaban J connectivity index is 1.52. The van der Waals surface area contributed by atoms with Crippen LogP contribution in [-0.2, 0) is 16.6 Å². The van der Waals surface area contributed by atoms with Gasteiger partial charge in [0.25, 0.3) is 0 Å². The minimum atomic E-state index is -0.840. The number of rotatable bonds is 4. The van der Waals surface area contributed by atoms with E-state index in [-0.39, 0.29) is 5.82 Å². The van der Waals surface area contributed by atoms with Crippen molar-refractivity contribution in [2.45, 2.75) is 46.3 Å². The Morgan fingerprint density at radius 2 is 1.84 bits per heavy atom. The van der Waals surface area contributed by atoms with E-state index in [1.807, 2.05) is 48.9 Å². The predicted molar refractivity (Wildman–Crippen MR) is 164 cm³/mol. The number of fused-ring (bicyclic) bond motifs is 2. The third-order valence-electron chi connectivity index (χ3n) is 6.80. The number of imidazole rings is 1. The number of anilines is 1. The normalized spacial score (nSPS) is 12.0. The van der Waals surface area contributed by atoms with E-state index in [1.165, 1.54) is 18.3 Å². The Kier molecular flexibility index (Phi) is 7.78. The molecule has 1 N–H and O–H groups in total. The average molecular weight is 577 g/mol. The number of hydrogen-bond acceptors (Lipinski definition) is 8. The second-order valence-corrected chi connectivity index (χ2v) is 11.2. The summed E-state index contributed by atoms with van der Waals surface area (Å²) in [6.45, 7) is 8.89. The first kappa shape index (κ1) is 29.1. The summed E-state index contributed by atoms with van der Waals surface area (Å²) in [5, 5.41) is 4.94. The zero-order valence-electron chi connectivity index (χ0n) is 25.1. The highest BCUT2D eigenvalue weighted by Crippen LogP contribution is 2.27. The number of hydrogen-bond donors (Lipinski definition) is 1. The number of aryl methyl sites for hydroxylation is 2. The topological polar surface area (TPSA) is 128 Å². The van der Waals surface area contributed by atoms with Crippen molar-refractivity contribution in [1.29, 1.82) is 0 Å². The lowest BCUT2D eigenvalue weighted by atomic mass is 10.1. The fourth-order valence-electron chi connectivity index (χ4n) is 4.44. The molecule has 11 heteroatoms. The van der Waals surface area contributed by atoms with Crippen molar-refractivity contribution in [2.75, 3.05) is 12.4 Å². The number of carbonyl (C=O) groups is 2. The Labute approximate surface area is 249 Å². The number of pyridine rings is 2. The van der Waals surface area contributed by atoms with Crippen molar-refractivity contribution in [3.63, 3.8) is 0 Å². The lowest BCUT2D eigenvalue weighted by molar-refractivity contribution is -0.120. The van der Waals surface area contributed by atoms with Crippen LogP contribution in [0, 0.1) is 18.8 Å². The highest BCUT2D eigenvalue weighted by molar-refractivity contribution is 5.96. The average Bonchev–Trinajstić information content (AvgIpc) is 3.35. The summed E-state index contributed by atoms with van der Waals surface area (Å²) in [5.74, 6) is 6.14. The highest BCUT2D eigenvalue weighted by Gasteiger charge is 2.27. The summed E-state index contributed by atoms with van der Waals surface area (Å²) >= 11 is 0. The van der Waals surface area contributed by atoms with Crippen LogP contribution in [0.5, 0.6) is 0 Å². The van der Waals surface area contributed by atoms with Gasteiger partial charge in [0.1, 0.15) is 35.0 Å². The predicted octanol–water partition coefficient (Wildman–Crippen LogP) is 4.88. The summed E-state index contributed by atoms with van der Waals surface area (Å²) < 4.78 is 7.25. The van der Waals surface area contributed by atoms with E-state index in [4.69, 9.17) is 4.74 Å². The second kappa shape index (κ2) is 11.5. The number of benzene rings is 1. The molecule has 1 aromatic carbocycles. The molecule has 218 valence electrons. The molecule has 0 aliphatic heterocycles. The quantitative estimate of drug-likeness (QED) is 0.300. The van der Waals surface area contributed by atoms with Gasteiger partial charge in [0.2, 0.25) is 5.91 Å². The van der Waals surface area contributed by atoms with Gasteiger partial charge in [-0.3, -0.25) is 14.7 Å². The number of nitrogens with zero attached hydrogens (tertiary/aromatic N) is 7. The number of likely N-dealkylation sites (N-methyl/N-ethyl adjacent to an activating group) is 1.